The van der Waals surface area contributed by atoms with Gasteiger partial charge in [-0.25, -0.2) is 13.5 Å². The Balaban J connectivity index is 1.67. The Labute approximate surface area is 143 Å². The van der Waals surface area contributed by atoms with E-state index in [1.807, 2.05) is 24.3 Å². The summed E-state index contributed by atoms with van der Waals surface area (Å²) in [6, 6.07) is 11.2. The summed E-state index contributed by atoms with van der Waals surface area (Å²) in [5.74, 6) is -1.37. The van der Waals surface area contributed by atoms with Crippen LogP contribution in [0.1, 0.15) is 0 Å². The van der Waals surface area contributed by atoms with Crippen LogP contribution in [0.25, 0.3) is 16.6 Å². The van der Waals surface area contributed by atoms with E-state index in [2.05, 4.69) is 10.4 Å². The first-order chi connectivity index (χ1) is 12.2. The van der Waals surface area contributed by atoms with Gasteiger partial charge < -0.3 is 14.8 Å². The second kappa shape index (κ2) is 6.78. The van der Waals surface area contributed by atoms with Crippen LogP contribution >= 0.6 is 0 Å². The monoisotopic (exact) mass is 345 g/mol. The van der Waals surface area contributed by atoms with Gasteiger partial charge in [-0.2, -0.15) is 0 Å². The van der Waals surface area contributed by atoms with E-state index in [1.54, 1.807) is 4.68 Å². The van der Waals surface area contributed by atoms with E-state index in [-0.39, 0.29) is 6.10 Å². The quantitative estimate of drug-likeness (QED) is 0.790. The van der Waals surface area contributed by atoms with Crippen molar-refractivity contribution in [3.8, 4) is 11.6 Å². The normalized spacial score (nSPS) is 17.8. The van der Waals surface area contributed by atoms with Crippen molar-refractivity contribution in [3.05, 3.63) is 54.1 Å². The molecular formula is C18H17F2N3O2. The van der Waals surface area contributed by atoms with Crippen LogP contribution in [0, 0.1) is 11.6 Å². The topological polar surface area (TPSA) is 48.3 Å². The molecule has 1 aromatic heterocycles. The molecule has 2 heterocycles. The van der Waals surface area contributed by atoms with Gasteiger partial charge in [0.2, 0.25) is 5.88 Å². The fraction of sp³-hybridized carbons (Fsp3) is 0.278. The number of nitrogens with zero attached hydrogens (tertiary/aromatic N) is 2. The van der Waals surface area contributed by atoms with Gasteiger partial charge in [0.25, 0.3) is 0 Å². The highest BCUT2D eigenvalue weighted by atomic mass is 19.2. The number of benzene rings is 2. The molecule has 1 fully saturated rings. The molecule has 0 bridgehead atoms. The lowest BCUT2D eigenvalue weighted by Gasteiger charge is -2.23. The number of para-hydroxylation sites is 1. The van der Waals surface area contributed by atoms with Crippen molar-refractivity contribution in [2.24, 2.45) is 0 Å². The molecule has 4 rings (SSSR count). The van der Waals surface area contributed by atoms with Gasteiger partial charge in [-0.15, -0.1) is 5.10 Å². The molecule has 3 aromatic rings. The van der Waals surface area contributed by atoms with Crippen molar-refractivity contribution in [2.75, 3.05) is 26.3 Å². The van der Waals surface area contributed by atoms with Gasteiger partial charge in [0.1, 0.15) is 12.7 Å². The van der Waals surface area contributed by atoms with Crippen molar-refractivity contribution < 1.29 is 18.3 Å². The number of aromatic nitrogens is 2. The Bertz CT molecular complexity index is 891. The predicted octanol–water partition coefficient (Wildman–Crippen LogP) is 2.67. The first-order valence-electron chi connectivity index (χ1n) is 8.10. The molecular weight excluding hydrogens is 328 g/mol. The summed E-state index contributed by atoms with van der Waals surface area (Å²) in [5, 5.41) is 8.49. The van der Waals surface area contributed by atoms with Crippen LogP contribution in [0.15, 0.2) is 42.5 Å². The minimum atomic E-state index is -0.916. The first kappa shape index (κ1) is 16.0. The number of nitrogens with one attached hydrogen (secondary N) is 1. The molecule has 1 saturated heterocycles. The summed E-state index contributed by atoms with van der Waals surface area (Å²) >= 11 is 0. The number of hydrogen-bond donors (Lipinski definition) is 1. The van der Waals surface area contributed by atoms with Crippen LogP contribution in [-0.4, -0.2) is 42.2 Å². The number of ether oxygens (including phenoxy) is 2. The summed E-state index contributed by atoms with van der Waals surface area (Å²) in [6.07, 6.45) is -0.0408. The van der Waals surface area contributed by atoms with E-state index in [0.717, 1.165) is 36.1 Å². The minimum Gasteiger partial charge on any atom is -0.473 e. The second-order valence-corrected chi connectivity index (χ2v) is 5.84. The predicted molar refractivity (Wildman–Crippen MR) is 89.1 cm³/mol. The van der Waals surface area contributed by atoms with Crippen LogP contribution in [-0.2, 0) is 4.74 Å². The highest BCUT2D eigenvalue weighted by Crippen LogP contribution is 2.28. The molecule has 0 unspecified atom stereocenters. The lowest BCUT2D eigenvalue weighted by atomic mass is 10.2. The van der Waals surface area contributed by atoms with Gasteiger partial charge in [0.05, 0.1) is 23.2 Å². The summed E-state index contributed by atoms with van der Waals surface area (Å²) in [6.45, 7) is 2.58. The van der Waals surface area contributed by atoms with Crippen molar-refractivity contribution in [1.29, 1.82) is 0 Å². The Hall–Kier alpha value is -2.51. The molecule has 0 amide bonds. The van der Waals surface area contributed by atoms with Gasteiger partial charge in [-0.3, -0.25) is 0 Å². The molecule has 1 atom stereocenters. The third kappa shape index (κ3) is 3.20. The van der Waals surface area contributed by atoms with Gasteiger partial charge in [-0.05, 0) is 24.3 Å². The molecule has 1 aliphatic rings. The molecule has 2 aromatic carbocycles. The molecule has 0 saturated carbocycles. The van der Waals surface area contributed by atoms with E-state index in [0.29, 0.717) is 24.8 Å². The molecule has 0 radical (unpaired) electrons. The average molecular weight is 345 g/mol. The lowest BCUT2D eigenvalue weighted by molar-refractivity contribution is -0.000505. The summed E-state index contributed by atoms with van der Waals surface area (Å²) < 4.78 is 39.8. The smallest absolute Gasteiger partial charge is 0.241 e. The summed E-state index contributed by atoms with van der Waals surface area (Å²) in [4.78, 5) is 0. The summed E-state index contributed by atoms with van der Waals surface area (Å²) in [5.41, 5.74) is 1.19. The Morgan fingerprint density at radius 2 is 2.08 bits per heavy atom. The molecule has 0 aliphatic carbocycles. The zero-order chi connectivity index (χ0) is 17.2. The minimum absolute atomic E-state index is 0.0408. The molecule has 25 heavy (non-hydrogen) atoms. The van der Waals surface area contributed by atoms with Crippen LogP contribution < -0.4 is 10.1 Å². The maximum atomic E-state index is 13.6. The molecule has 5 nitrogen and oxygen atoms in total. The van der Waals surface area contributed by atoms with Gasteiger partial charge in [0, 0.05) is 19.2 Å². The van der Waals surface area contributed by atoms with E-state index in [9.17, 15) is 8.78 Å². The van der Waals surface area contributed by atoms with Gasteiger partial charge in [0.15, 0.2) is 11.6 Å². The maximum Gasteiger partial charge on any atom is 0.241 e. The second-order valence-electron chi connectivity index (χ2n) is 5.84. The SMILES string of the molecule is Fc1ccc(-n2nc(OC[C@@H]3CNCCO3)c3ccccc32)cc1F. The fourth-order valence-electron chi connectivity index (χ4n) is 2.86. The van der Waals surface area contributed by atoms with E-state index >= 15 is 0 Å². The van der Waals surface area contributed by atoms with E-state index in [4.69, 9.17) is 9.47 Å². The molecule has 1 aliphatic heterocycles. The number of hydrogen-bond acceptors (Lipinski definition) is 4. The molecule has 1 N–H and O–H groups in total. The number of halogens is 2. The third-order valence-corrected chi connectivity index (χ3v) is 4.11. The maximum absolute atomic E-state index is 13.6. The fourth-order valence-corrected chi connectivity index (χ4v) is 2.86. The summed E-state index contributed by atoms with van der Waals surface area (Å²) in [7, 11) is 0. The van der Waals surface area contributed by atoms with Crippen molar-refractivity contribution in [1.82, 2.24) is 15.1 Å². The highest BCUT2D eigenvalue weighted by Gasteiger charge is 2.18. The van der Waals surface area contributed by atoms with Gasteiger partial charge in [-0.1, -0.05) is 12.1 Å². The molecule has 7 heteroatoms. The molecule has 130 valence electrons. The standard InChI is InChI=1S/C18H17F2N3O2/c19-15-6-5-12(9-16(15)20)23-17-4-2-1-3-14(17)18(22-23)25-11-13-10-21-7-8-24-13/h1-6,9,13,21H,7-8,10-11H2/t13-/m0/s1. The Morgan fingerprint density at radius 3 is 2.88 bits per heavy atom. The third-order valence-electron chi connectivity index (χ3n) is 4.11. The zero-order valence-corrected chi connectivity index (χ0v) is 13.4. The average Bonchev–Trinajstić information content (AvgIpc) is 3.02. The lowest BCUT2D eigenvalue weighted by Crippen LogP contribution is -2.41. The van der Waals surface area contributed by atoms with E-state index in [1.165, 1.54) is 6.07 Å². The number of morpholine rings is 1. The zero-order valence-electron chi connectivity index (χ0n) is 13.4. The number of fused-ring (bicyclic) bond motifs is 1. The van der Waals surface area contributed by atoms with Crippen LogP contribution in [0.4, 0.5) is 8.78 Å². The molecule has 0 spiro atoms. The van der Waals surface area contributed by atoms with Crippen molar-refractivity contribution in [3.63, 3.8) is 0 Å². The largest absolute Gasteiger partial charge is 0.473 e. The van der Waals surface area contributed by atoms with Crippen LogP contribution in [0.5, 0.6) is 5.88 Å². The first-order valence-corrected chi connectivity index (χ1v) is 8.10. The van der Waals surface area contributed by atoms with Crippen molar-refractivity contribution >= 4 is 10.9 Å². The van der Waals surface area contributed by atoms with Gasteiger partial charge >= 0.3 is 0 Å². The number of rotatable bonds is 4. The van der Waals surface area contributed by atoms with E-state index < -0.39 is 11.6 Å². The van der Waals surface area contributed by atoms with Crippen molar-refractivity contribution in [2.45, 2.75) is 6.10 Å². The Kier molecular flexibility index (Phi) is 4.33. The van der Waals surface area contributed by atoms with Crippen LogP contribution in [0.2, 0.25) is 0 Å². The van der Waals surface area contributed by atoms with Crippen LogP contribution in [0.3, 0.4) is 0 Å². The highest BCUT2D eigenvalue weighted by molar-refractivity contribution is 5.85. The Morgan fingerprint density at radius 1 is 1.20 bits per heavy atom.